The number of carboxylic acid groups (broad SMARTS) is 2. The summed E-state index contributed by atoms with van der Waals surface area (Å²) in [5, 5.41) is 42.7. The van der Waals surface area contributed by atoms with Crippen LogP contribution in [0.2, 0.25) is 0 Å². The number of nitrogens with one attached hydrogen (secondary N) is 2. The van der Waals surface area contributed by atoms with Gasteiger partial charge in [0.25, 0.3) is 0 Å². The summed E-state index contributed by atoms with van der Waals surface area (Å²) in [6, 6.07) is 21.1. The van der Waals surface area contributed by atoms with Crippen molar-refractivity contribution in [2.45, 2.75) is 77.4 Å². The first-order chi connectivity index (χ1) is 26.2. The topological polar surface area (TPSA) is 172 Å². The van der Waals surface area contributed by atoms with Crippen molar-refractivity contribution in [2.75, 3.05) is 0 Å². The van der Waals surface area contributed by atoms with Crippen molar-refractivity contribution >= 4 is 46.2 Å². The van der Waals surface area contributed by atoms with Crippen molar-refractivity contribution in [3.8, 4) is 22.3 Å². The van der Waals surface area contributed by atoms with Crippen molar-refractivity contribution in [3.05, 3.63) is 118 Å². The predicted molar refractivity (Wildman–Crippen MR) is 211 cm³/mol. The van der Waals surface area contributed by atoms with E-state index in [9.17, 15) is 30.0 Å². The number of aromatic carboxylic acids is 2. The van der Waals surface area contributed by atoms with Gasteiger partial charge in [0.2, 0.25) is 0 Å². The van der Waals surface area contributed by atoms with Crippen LogP contribution >= 0.6 is 0 Å². The van der Waals surface area contributed by atoms with E-state index in [1.165, 1.54) is 12.1 Å². The molecule has 54 heavy (non-hydrogen) atoms. The normalized spacial score (nSPS) is 15.1. The molecule has 0 saturated carbocycles. The first-order valence-corrected chi connectivity index (χ1v) is 18.7. The number of fused-ring (bicyclic) bond motifs is 8. The Morgan fingerprint density at radius 3 is 1.65 bits per heavy atom. The number of unbranched alkanes of at least 4 members (excludes halogenated alkanes) is 4. The molecule has 2 aromatic carbocycles. The highest BCUT2D eigenvalue weighted by Crippen LogP contribution is 2.42. The third kappa shape index (κ3) is 7.10. The summed E-state index contributed by atoms with van der Waals surface area (Å²) in [4.78, 5) is 40.9. The lowest BCUT2D eigenvalue weighted by atomic mass is 9.97. The van der Waals surface area contributed by atoms with Crippen LogP contribution < -0.4 is 0 Å². The fraction of sp³-hybridized carbons (Fsp3) is 0.273. The van der Waals surface area contributed by atoms with E-state index in [0.717, 1.165) is 95.1 Å². The van der Waals surface area contributed by atoms with E-state index in [1.54, 1.807) is 36.4 Å². The number of aliphatic hydroxyl groups excluding tert-OH is 2. The number of aliphatic hydroxyl groups is 2. The summed E-state index contributed by atoms with van der Waals surface area (Å²) < 4.78 is 0. The van der Waals surface area contributed by atoms with Gasteiger partial charge >= 0.3 is 11.9 Å². The standard InChI is InChI=1S/C44H44N4O6/c1-3-5-7-8-10-29-31-19-22-34(45-31)37(25-11-15-27(16-12-25)43(51)52)35-23-21-33(47-35)30(9-6-4-2)39-41(49)42(50)40(48-39)38(36-24-20-32(29)46-36)26-13-17-28(18-14-26)44(53)54/h11-24,41-42,46-47,49-50H,3-10H2,1-2H3,(H,51,52)(H,53,54)/t41-,42+/m0/s1. The monoisotopic (exact) mass is 724 g/mol. The van der Waals surface area contributed by atoms with Crippen LogP contribution in [0, 0.1) is 0 Å². The maximum absolute atomic E-state index is 11.8. The number of nitrogens with zero attached hydrogens (tertiary/aromatic N) is 2. The van der Waals surface area contributed by atoms with Gasteiger partial charge in [0, 0.05) is 38.8 Å². The van der Waals surface area contributed by atoms with Gasteiger partial charge in [-0.1, -0.05) is 63.8 Å². The highest BCUT2D eigenvalue weighted by atomic mass is 16.4. The lowest BCUT2D eigenvalue weighted by Gasteiger charge is -2.13. The Labute approximate surface area is 312 Å². The summed E-state index contributed by atoms with van der Waals surface area (Å²) in [6.07, 6.45) is 8.61. The predicted octanol–water partition coefficient (Wildman–Crippen LogP) is 9.45. The van der Waals surface area contributed by atoms with Gasteiger partial charge in [0.15, 0.2) is 0 Å². The second-order valence-electron chi connectivity index (χ2n) is 13.9. The molecule has 2 aliphatic heterocycles. The average molecular weight is 725 g/mol. The third-order valence-electron chi connectivity index (χ3n) is 10.3. The second kappa shape index (κ2) is 15.6. The minimum Gasteiger partial charge on any atom is -0.478 e. The van der Waals surface area contributed by atoms with Gasteiger partial charge in [0.05, 0.1) is 33.9 Å². The number of carbonyl (C=O) groups is 2. The summed E-state index contributed by atoms with van der Waals surface area (Å²) in [5.74, 6) is -2.05. The molecule has 0 fully saturated rings. The molecule has 0 amide bonds. The smallest absolute Gasteiger partial charge is 0.335 e. The van der Waals surface area contributed by atoms with Crippen LogP contribution in [-0.2, 0) is 12.8 Å². The van der Waals surface area contributed by atoms with Gasteiger partial charge in [0.1, 0.15) is 12.2 Å². The van der Waals surface area contributed by atoms with Crippen LogP contribution in [0.1, 0.15) is 119 Å². The maximum atomic E-state index is 11.8. The molecule has 7 rings (SSSR count). The van der Waals surface area contributed by atoms with Crippen molar-refractivity contribution in [3.63, 3.8) is 0 Å². The van der Waals surface area contributed by atoms with Crippen LogP contribution in [0.5, 0.6) is 0 Å². The Bertz CT molecular complexity index is 2410. The molecule has 3 aromatic heterocycles. The largest absolute Gasteiger partial charge is 0.478 e. The molecule has 5 aromatic rings. The minimum atomic E-state index is -1.35. The lowest BCUT2D eigenvalue weighted by molar-refractivity contribution is 0.0252. The van der Waals surface area contributed by atoms with Crippen LogP contribution in [0.25, 0.3) is 56.5 Å². The number of aromatic amines is 2. The Kier molecular flexibility index (Phi) is 10.6. The molecule has 0 unspecified atom stereocenters. The van der Waals surface area contributed by atoms with Gasteiger partial charge < -0.3 is 30.4 Å². The highest BCUT2D eigenvalue weighted by molar-refractivity contribution is 5.94. The van der Waals surface area contributed by atoms with Crippen molar-refractivity contribution in [1.82, 2.24) is 19.9 Å². The van der Waals surface area contributed by atoms with Crippen molar-refractivity contribution in [2.24, 2.45) is 0 Å². The van der Waals surface area contributed by atoms with E-state index in [2.05, 4.69) is 23.8 Å². The first-order valence-electron chi connectivity index (χ1n) is 18.7. The van der Waals surface area contributed by atoms with Crippen LogP contribution in [0.15, 0.2) is 72.8 Å². The van der Waals surface area contributed by atoms with E-state index < -0.39 is 24.1 Å². The second-order valence-corrected chi connectivity index (χ2v) is 13.9. The molecule has 10 nitrogen and oxygen atoms in total. The van der Waals surface area contributed by atoms with E-state index in [-0.39, 0.29) is 16.8 Å². The van der Waals surface area contributed by atoms with Gasteiger partial charge in [-0.05, 0) is 103 Å². The highest BCUT2D eigenvalue weighted by Gasteiger charge is 2.34. The fourth-order valence-electron chi connectivity index (χ4n) is 7.44. The fourth-order valence-corrected chi connectivity index (χ4v) is 7.44. The molecular weight excluding hydrogens is 681 g/mol. The third-order valence-corrected chi connectivity index (χ3v) is 10.3. The number of aromatic nitrogens is 4. The molecule has 0 saturated heterocycles. The molecule has 8 bridgehead atoms. The summed E-state index contributed by atoms with van der Waals surface area (Å²) in [7, 11) is 0. The molecule has 2 aliphatic rings. The Morgan fingerprint density at radius 1 is 0.556 bits per heavy atom. The molecule has 6 N–H and O–H groups in total. The van der Waals surface area contributed by atoms with E-state index in [4.69, 9.17) is 9.97 Å². The van der Waals surface area contributed by atoms with Gasteiger partial charge in [-0.3, -0.25) is 4.98 Å². The Morgan fingerprint density at radius 2 is 1.06 bits per heavy atom. The summed E-state index contributed by atoms with van der Waals surface area (Å²) in [6.45, 7) is 4.27. The minimum absolute atomic E-state index is 0.133. The summed E-state index contributed by atoms with van der Waals surface area (Å²) >= 11 is 0. The molecule has 0 radical (unpaired) electrons. The van der Waals surface area contributed by atoms with Gasteiger partial charge in [-0.15, -0.1) is 0 Å². The summed E-state index contributed by atoms with van der Waals surface area (Å²) in [5.41, 5.74) is 10.1. The number of hydrogen-bond acceptors (Lipinski definition) is 6. The maximum Gasteiger partial charge on any atom is 0.335 e. The molecule has 2 atom stereocenters. The van der Waals surface area contributed by atoms with E-state index in [0.29, 0.717) is 28.8 Å². The molecule has 10 heteroatoms. The number of aryl methyl sites for hydroxylation is 2. The lowest BCUT2D eigenvalue weighted by Crippen LogP contribution is -2.06. The zero-order valence-electron chi connectivity index (χ0n) is 30.4. The van der Waals surface area contributed by atoms with Gasteiger partial charge in [-0.2, -0.15) is 0 Å². The number of hydrogen-bond donors (Lipinski definition) is 6. The SMILES string of the molecule is CCCCCCc1c2nc(c(-c3ccc(C(=O)O)cc3)c3ccc([nH]3)c(CCCC)c3nc(c(-c4ccc(C(=O)O)cc4)c4ccc1[nH]4)[C@@H](O)[C@H]3O)C=C2. The van der Waals surface area contributed by atoms with Crippen molar-refractivity contribution in [1.29, 1.82) is 0 Å². The Hall–Kier alpha value is -5.84. The zero-order valence-corrected chi connectivity index (χ0v) is 30.4. The average Bonchev–Trinajstić information content (AvgIpc) is 4.00. The Balaban J connectivity index is 1.61. The van der Waals surface area contributed by atoms with Crippen LogP contribution in [0.3, 0.4) is 0 Å². The van der Waals surface area contributed by atoms with Crippen LogP contribution in [0.4, 0.5) is 0 Å². The number of benzene rings is 2. The van der Waals surface area contributed by atoms with E-state index in [1.807, 2.05) is 36.4 Å². The van der Waals surface area contributed by atoms with E-state index >= 15 is 0 Å². The number of carboxylic acids is 2. The molecular formula is C44H44N4O6. The first kappa shape index (κ1) is 36.5. The molecule has 276 valence electrons. The van der Waals surface area contributed by atoms with Crippen molar-refractivity contribution < 1.29 is 30.0 Å². The van der Waals surface area contributed by atoms with Gasteiger partial charge in [-0.25, -0.2) is 14.6 Å². The van der Waals surface area contributed by atoms with Crippen LogP contribution in [-0.4, -0.2) is 52.3 Å². The molecule has 0 spiro atoms. The number of H-pyrrole nitrogens is 2. The molecule has 0 aliphatic carbocycles. The number of rotatable bonds is 12. The molecule has 5 heterocycles. The zero-order chi connectivity index (χ0) is 37.9. The quantitative estimate of drug-likeness (QED) is 0.0677.